The molecular formula is C10H10Cl2O2Ti. The topological polar surface area (TPSA) is 46.1 Å². The summed E-state index contributed by atoms with van der Waals surface area (Å²) in [6.07, 6.45) is 15.9. The summed E-state index contributed by atoms with van der Waals surface area (Å²) in [7, 11) is 0. The van der Waals surface area contributed by atoms with Gasteiger partial charge in [-0.25, -0.2) is 23.7 Å². The zero-order valence-electron chi connectivity index (χ0n) is 7.95. The summed E-state index contributed by atoms with van der Waals surface area (Å²) < 4.78 is 18.8. The molecule has 0 aromatic heterocycles. The van der Waals surface area contributed by atoms with Crippen LogP contribution in [-0.2, 0) is 19.2 Å². The van der Waals surface area contributed by atoms with Gasteiger partial charge >= 0.3 is 76.2 Å². The second-order valence-corrected chi connectivity index (χ2v) is 5.17. The molecule has 0 bridgehead atoms. The maximum Gasteiger partial charge on any atom is -0.231 e. The number of hydrogen-bond acceptors (Lipinski definition) is 2. The molecule has 0 fully saturated rings. The van der Waals surface area contributed by atoms with E-state index in [2.05, 4.69) is 60.2 Å². The first-order chi connectivity index (χ1) is 7.45. The van der Waals surface area contributed by atoms with E-state index < -0.39 is 0 Å². The molecule has 0 unspecified atom stereocenters. The Morgan fingerprint density at radius 2 is 1.27 bits per heavy atom. The van der Waals surface area contributed by atoms with Gasteiger partial charge in [-0.3, -0.25) is 0 Å². The van der Waals surface area contributed by atoms with Crippen molar-refractivity contribution in [2.45, 2.75) is 12.8 Å². The number of rotatable bonds is 2. The van der Waals surface area contributed by atoms with Crippen LogP contribution in [0.25, 0.3) is 0 Å². The minimum atomic E-state index is 0.0833. The zero-order valence-corrected chi connectivity index (χ0v) is 11.0. The standard InChI is InChI=1S/2C5H5.2ClO.Ti/c2*1-2-4-5-3-1;2*1-2;/h2*1-3H,4H2;;;/q;;2*-1;+2. The predicted molar refractivity (Wildman–Crippen MR) is 55.4 cm³/mol. The van der Waals surface area contributed by atoms with E-state index in [4.69, 9.17) is 9.32 Å². The maximum absolute atomic E-state index is 7.72. The van der Waals surface area contributed by atoms with Crippen LogP contribution in [0.4, 0.5) is 0 Å². The molecule has 0 amide bonds. The summed E-state index contributed by atoms with van der Waals surface area (Å²) in [5.74, 6) is 0. The monoisotopic (exact) mass is 280 g/mol. The molecule has 0 spiro atoms. The Balaban J connectivity index is 0.000000442. The summed E-state index contributed by atoms with van der Waals surface area (Å²) >= 11 is 6.86. The first-order valence-electron chi connectivity index (χ1n) is 4.24. The third-order valence-corrected chi connectivity index (χ3v) is 4.02. The van der Waals surface area contributed by atoms with Crippen LogP contribution < -0.4 is 9.32 Å². The fraction of sp³-hybridized carbons (Fsp3) is 0.200. The van der Waals surface area contributed by atoms with Crippen LogP contribution in [0.2, 0.25) is 0 Å². The van der Waals surface area contributed by atoms with E-state index in [0.717, 1.165) is 0 Å². The third-order valence-electron chi connectivity index (χ3n) is 1.86. The molecule has 5 heteroatoms. The molecule has 0 saturated carbocycles. The molecule has 0 atom stereocenters. The van der Waals surface area contributed by atoms with Gasteiger partial charge in [0, 0.05) is 0 Å². The Hall–Kier alpha value is 0.174. The fourth-order valence-corrected chi connectivity index (χ4v) is 3.18. The largest absolute Gasteiger partial charge is 0.769 e. The van der Waals surface area contributed by atoms with Crippen LogP contribution in [0, 0.1) is 0 Å². The van der Waals surface area contributed by atoms with E-state index in [9.17, 15) is 0 Å². The van der Waals surface area contributed by atoms with Crippen LogP contribution >= 0.6 is 23.7 Å². The van der Waals surface area contributed by atoms with Gasteiger partial charge in [-0.05, 0) is 0 Å². The van der Waals surface area contributed by atoms with Crippen LogP contribution in [0.1, 0.15) is 12.8 Å². The van der Waals surface area contributed by atoms with Gasteiger partial charge in [-0.1, -0.05) is 0 Å². The fourth-order valence-electron chi connectivity index (χ4n) is 1.29. The van der Waals surface area contributed by atoms with E-state index in [-0.39, 0.29) is 19.2 Å². The van der Waals surface area contributed by atoms with Gasteiger partial charge in [0.1, 0.15) is 0 Å². The maximum atomic E-state index is 7.72. The van der Waals surface area contributed by atoms with E-state index in [0.29, 0.717) is 0 Å². The molecular weight excluding hydrogens is 271 g/mol. The van der Waals surface area contributed by atoms with Gasteiger partial charge in [-0.2, -0.15) is 0 Å². The van der Waals surface area contributed by atoms with Gasteiger partial charge in [0.25, 0.3) is 0 Å². The van der Waals surface area contributed by atoms with Crippen molar-refractivity contribution in [2.75, 3.05) is 0 Å². The molecule has 0 saturated heterocycles. The molecule has 2 aliphatic rings. The second-order valence-electron chi connectivity index (χ2n) is 2.77. The van der Waals surface area contributed by atoms with Gasteiger partial charge in [-0.15, -0.1) is 0 Å². The molecule has 0 radical (unpaired) electrons. The van der Waals surface area contributed by atoms with E-state index >= 15 is 0 Å². The first-order valence-corrected chi connectivity index (χ1v) is 6.42. The summed E-state index contributed by atoms with van der Waals surface area (Å²) in [6, 6.07) is 0. The Morgan fingerprint density at radius 3 is 1.53 bits per heavy atom. The molecule has 0 N–H and O–H groups in total. The first kappa shape index (κ1) is 15.2. The van der Waals surface area contributed by atoms with Crippen LogP contribution in [0.3, 0.4) is 0 Å². The average Bonchev–Trinajstić information content (AvgIpc) is 2.98. The Morgan fingerprint density at radius 1 is 0.867 bits per heavy atom. The van der Waals surface area contributed by atoms with Crippen molar-refractivity contribution in [3.8, 4) is 0 Å². The quantitative estimate of drug-likeness (QED) is 0.724. The van der Waals surface area contributed by atoms with Crippen LogP contribution in [0.5, 0.6) is 0 Å². The normalized spacial score (nSPS) is 15.5. The van der Waals surface area contributed by atoms with E-state index in [1.807, 2.05) is 0 Å². The van der Waals surface area contributed by atoms with Crippen LogP contribution in [0.15, 0.2) is 44.2 Å². The minimum absolute atomic E-state index is 0.0833. The minimum Gasteiger partial charge on any atom is -0.769 e. The second kappa shape index (κ2) is 10.7. The van der Waals surface area contributed by atoms with Crippen LogP contribution in [-0.4, -0.2) is 0 Å². The molecule has 0 heterocycles. The predicted octanol–water partition coefficient (Wildman–Crippen LogP) is 1.76. The van der Waals surface area contributed by atoms with Gasteiger partial charge in [0.2, 0.25) is 0 Å². The molecule has 15 heavy (non-hydrogen) atoms. The van der Waals surface area contributed by atoms with Crippen molar-refractivity contribution in [3.05, 3.63) is 44.2 Å². The molecule has 2 rings (SSSR count). The van der Waals surface area contributed by atoms with Gasteiger partial charge < -0.3 is 9.32 Å². The molecule has 0 aromatic rings. The van der Waals surface area contributed by atoms with Gasteiger partial charge in [0.15, 0.2) is 0 Å². The third kappa shape index (κ3) is 6.36. The van der Waals surface area contributed by atoms with Crippen molar-refractivity contribution < 1.29 is 28.5 Å². The van der Waals surface area contributed by atoms with Crippen molar-refractivity contribution in [2.24, 2.45) is 0 Å². The molecule has 80 valence electrons. The van der Waals surface area contributed by atoms with E-state index in [1.54, 1.807) is 7.76 Å². The summed E-state index contributed by atoms with van der Waals surface area (Å²) in [6.45, 7) is 0. The zero-order chi connectivity index (χ0) is 11.5. The Labute approximate surface area is 109 Å². The summed E-state index contributed by atoms with van der Waals surface area (Å²) in [4.78, 5) is 0. The summed E-state index contributed by atoms with van der Waals surface area (Å²) in [5.41, 5.74) is 0. The van der Waals surface area contributed by atoms with Crippen molar-refractivity contribution >= 4 is 23.7 Å². The molecule has 2 aliphatic carbocycles. The summed E-state index contributed by atoms with van der Waals surface area (Å²) in [5, 5.41) is 0. The number of allylic oxidation sites excluding steroid dienone is 8. The Kier molecular flexibility index (Phi) is 10.8. The molecule has 0 aromatic carbocycles. The van der Waals surface area contributed by atoms with Gasteiger partial charge in [0.05, 0.1) is 0 Å². The number of hydrogen-bond donors (Lipinski definition) is 0. The SMILES string of the molecule is C1=CC[C]([Ti+2][C]2=CC=CC2)=C1.[O-]Cl.[O-]Cl. The average molecular weight is 281 g/mol. The Bertz CT molecular complexity index is 255. The smallest absolute Gasteiger partial charge is 0.231 e. The van der Waals surface area contributed by atoms with Crippen molar-refractivity contribution in [3.63, 3.8) is 0 Å². The number of halogens is 2. The van der Waals surface area contributed by atoms with Crippen molar-refractivity contribution in [1.29, 1.82) is 0 Å². The molecule has 0 aliphatic heterocycles. The van der Waals surface area contributed by atoms with Crippen molar-refractivity contribution in [1.82, 2.24) is 0 Å². The van der Waals surface area contributed by atoms with E-state index in [1.165, 1.54) is 12.8 Å². The molecule has 2 nitrogen and oxygen atoms in total.